The average Bonchev–Trinajstić information content (AvgIpc) is 2.93. The second kappa shape index (κ2) is 3.92. The van der Waals surface area contributed by atoms with Crippen molar-refractivity contribution in [2.75, 3.05) is 24.5 Å². The van der Waals surface area contributed by atoms with E-state index in [-0.39, 0.29) is 0 Å². The molecule has 4 nitrogen and oxygen atoms in total. The first-order valence-corrected chi connectivity index (χ1v) is 7.49. The Morgan fingerprint density at radius 2 is 2.18 bits per heavy atom. The minimum Gasteiger partial charge on any atom is -0.346 e. The molecule has 0 spiro atoms. The zero-order chi connectivity index (χ0) is 11.2. The van der Waals surface area contributed by atoms with Gasteiger partial charge in [-0.05, 0) is 38.1 Å². The number of hydrogen-bond acceptors (Lipinski definition) is 5. The van der Waals surface area contributed by atoms with Gasteiger partial charge in [-0.3, -0.25) is 0 Å². The molecule has 3 heterocycles. The van der Waals surface area contributed by atoms with Gasteiger partial charge in [0, 0.05) is 36.6 Å². The van der Waals surface area contributed by atoms with Crippen molar-refractivity contribution in [3.63, 3.8) is 0 Å². The maximum absolute atomic E-state index is 4.72. The molecule has 2 saturated heterocycles. The van der Waals surface area contributed by atoms with E-state index in [9.17, 15) is 0 Å². The lowest BCUT2D eigenvalue weighted by atomic mass is 9.94. The second-order valence-corrected chi connectivity index (χ2v) is 6.28. The lowest BCUT2D eigenvalue weighted by Gasteiger charge is -2.34. The van der Waals surface area contributed by atoms with Crippen molar-refractivity contribution in [2.24, 2.45) is 5.92 Å². The van der Waals surface area contributed by atoms with Crippen LogP contribution in [0, 0.1) is 5.92 Å². The van der Waals surface area contributed by atoms with Gasteiger partial charge in [0.1, 0.15) is 5.82 Å². The molecular weight excluding hydrogens is 232 g/mol. The smallest absolute Gasteiger partial charge is 0.205 e. The minimum atomic E-state index is 0.686. The number of aromatic nitrogens is 2. The zero-order valence-corrected chi connectivity index (χ0v) is 10.7. The summed E-state index contributed by atoms with van der Waals surface area (Å²) in [6, 6.07) is 0.766. The second-order valence-electron chi connectivity index (χ2n) is 5.55. The van der Waals surface area contributed by atoms with Crippen molar-refractivity contribution in [1.29, 1.82) is 0 Å². The molecule has 1 saturated carbocycles. The summed E-state index contributed by atoms with van der Waals surface area (Å²) in [6.45, 7) is 3.52. The van der Waals surface area contributed by atoms with Crippen molar-refractivity contribution >= 4 is 16.7 Å². The standard InChI is InChI=1S/C12H18N4S/c1-2-8(1)11-14-12(17-15-11)16-6-4-10-9(7-16)3-5-13-10/h8-10,13H,1-7H2. The molecule has 3 aliphatic rings. The van der Waals surface area contributed by atoms with E-state index in [0.717, 1.165) is 29.5 Å². The zero-order valence-electron chi connectivity index (χ0n) is 9.93. The van der Waals surface area contributed by atoms with Crippen LogP contribution in [-0.4, -0.2) is 35.0 Å². The van der Waals surface area contributed by atoms with Gasteiger partial charge >= 0.3 is 0 Å². The largest absolute Gasteiger partial charge is 0.346 e. The SMILES string of the molecule is C1CC2CN(c3nc(C4CC4)ns3)CCC2N1. The van der Waals surface area contributed by atoms with Gasteiger partial charge in [0.05, 0.1) is 0 Å². The predicted octanol–water partition coefficient (Wildman–Crippen LogP) is 1.60. The van der Waals surface area contributed by atoms with Gasteiger partial charge in [0.15, 0.2) is 0 Å². The molecule has 1 aromatic rings. The molecule has 17 heavy (non-hydrogen) atoms. The fourth-order valence-corrected chi connectivity index (χ4v) is 3.86. The first kappa shape index (κ1) is 10.3. The summed E-state index contributed by atoms with van der Waals surface area (Å²) in [5, 5.41) is 4.77. The molecule has 0 radical (unpaired) electrons. The van der Waals surface area contributed by atoms with Crippen LogP contribution in [0.1, 0.15) is 37.4 Å². The molecule has 92 valence electrons. The number of fused-ring (bicyclic) bond motifs is 1. The summed E-state index contributed by atoms with van der Waals surface area (Å²) in [7, 11) is 0. The quantitative estimate of drug-likeness (QED) is 0.865. The van der Waals surface area contributed by atoms with Gasteiger partial charge in [-0.25, -0.2) is 4.98 Å². The average molecular weight is 250 g/mol. The van der Waals surface area contributed by atoms with Crippen molar-refractivity contribution in [3.8, 4) is 0 Å². The summed E-state index contributed by atoms with van der Waals surface area (Å²) in [6.07, 6.45) is 5.19. The third-order valence-electron chi connectivity index (χ3n) is 4.30. The first-order chi connectivity index (χ1) is 8.40. The van der Waals surface area contributed by atoms with E-state index in [1.807, 2.05) is 0 Å². The maximum Gasteiger partial charge on any atom is 0.205 e. The van der Waals surface area contributed by atoms with Crippen molar-refractivity contribution < 1.29 is 0 Å². The number of piperidine rings is 1. The fourth-order valence-electron chi connectivity index (χ4n) is 3.08. The summed E-state index contributed by atoms with van der Waals surface area (Å²) in [5.41, 5.74) is 0. The lowest BCUT2D eigenvalue weighted by Crippen LogP contribution is -2.44. The van der Waals surface area contributed by atoms with Gasteiger partial charge in [-0.15, -0.1) is 0 Å². The van der Waals surface area contributed by atoms with E-state index in [4.69, 9.17) is 4.98 Å². The topological polar surface area (TPSA) is 41.1 Å². The highest BCUT2D eigenvalue weighted by atomic mass is 32.1. The van der Waals surface area contributed by atoms with E-state index in [1.165, 1.54) is 38.8 Å². The predicted molar refractivity (Wildman–Crippen MR) is 68.6 cm³/mol. The van der Waals surface area contributed by atoms with Crippen LogP contribution in [0.2, 0.25) is 0 Å². The molecule has 1 aliphatic carbocycles. The Labute approximate surface area is 106 Å². The molecule has 2 aliphatic heterocycles. The maximum atomic E-state index is 4.72. The van der Waals surface area contributed by atoms with Crippen LogP contribution >= 0.6 is 11.5 Å². The van der Waals surface area contributed by atoms with Gasteiger partial charge in [-0.2, -0.15) is 4.37 Å². The Hall–Kier alpha value is -0.680. The van der Waals surface area contributed by atoms with Crippen LogP contribution in [0.3, 0.4) is 0 Å². The summed E-state index contributed by atoms with van der Waals surface area (Å²) >= 11 is 1.60. The molecular formula is C12H18N4S. The lowest BCUT2D eigenvalue weighted by molar-refractivity contribution is 0.376. The molecule has 2 unspecified atom stereocenters. The van der Waals surface area contributed by atoms with Crippen LogP contribution in [-0.2, 0) is 0 Å². The number of nitrogens with one attached hydrogen (secondary N) is 1. The fraction of sp³-hybridized carbons (Fsp3) is 0.833. The highest BCUT2D eigenvalue weighted by Gasteiger charge is 2.34. The Morgan fingerprint density at radius 3 is 3.06 bits per heavy atom. The number of nitrogens with zero attached hydrogens (tertiary/aromatic N) is 3. The normalized spacial score (nSPS) is 32.8. The molecule has 0 amide bonds. The Balaban J connectivity index is 1.49. The van der Waals surface area contributed by atoms with Crippen LogP contribution < -0.4 is 10.2 Å². The molecule has 1 N–H and O–H groups in total. The summed E-state index contributed by atoms with van der Waals surface area (Å²) in [5.74, 6) is 2.62. The summed E-state index contributed by atoms with van der Waals surface area (Å²) in [4.78, 5) is 7.18. The van der Waals surface area contributed by atoms with Crippen LogP contribution in [0.4, 0.5) is 5.13 Å². The van der Waals surface area contributed by atoms with Gasteiger partial charge < -0.3 is 10.2 Å². The molecule has 5 heteroatoms. The first-order valence-electron chi connectivity index (χ1n) is 6.72. The molecule has 3 fully saturated rings. The van der Waals surface area contributed by atoms with Gasteiger partial charge in [-0.1, -0.05) is 0 Å². The molecule has 1 aromatic heterocycles. The monoisotopic (exact) mass is 250 g/mol. The molecule has 0 bridgehead atoms. The van der Waals surface area contributed by atoms with Crippen molar-refractivity contribution in [3.05, 3.63) is 5.82 Å². The van der Waals surface area contributed by atoms with E-state index in [1.54, 1.807) is 11.5 Å². The van der Waals surface area contributed by atoms with E-state index in [2.05, 4.69) is 14.6 Å². The number of hydrogen-bond donors (Lipinski definition) is 1. The van der Waals surface area contributed by atoms with E-state index in [0.29, 0.717) is 5.92 Å². The molecule has 4 rings (SSSR count). The third-order valence-corrected chi connectivity index (χ3v) is 5.09. The van der Waals surface area contributed by atoms with Gasteiger partial charge in [0.2, 0.25) is 5.13 Å². The van der Waals surface area contributed by atoms with Crippen LogP contribution in [0.5, 0.6) is 0 Å². The third kappa shape index (κ3) is 1.85. The minimum absolute atomic E-state index is 0.686. The molecule has 0 aromatic carbocycles. The van der Waals surface area contributed by atoms with E-state index < -0.39 is 0 Å². The highest BCUT2D eigenvalue weighted by Crippen LogP contribution is 2.40. The van der Waals surface area contributed by atoms with Gasteiger partial charge in [0.25, 0.3) is 0 Å². The van der Waals surface area contributed by atoms with E-state index >= 15 is 0 Å². The van der Waals surface area contributed by atoms with Crippen LogP contribution in [0.15, 0.2) is 0 Å². The van der Waals surface area contributed by atoms with Crippen LogP contribution in [0.25, 0.3) is 0 Å². The Morgan fingerprint density at radius 1 is 1.24 bits per heavy atom. The Bertz CT molecular complexity index is 414. The highest BCUT2D eigenvalue weighted by molar-refractivity contribution is 7.09. The number of rotatable bonds is 2. The Kier molecular flexibility index (Phi) is 2.36. The number of anilines is 1. The van der Waals surface area contributed by atoms with Crippen molar-refractivity contribution in [2.45, 2.75) is 37.6 Å². The van der Waals surface area contributed by atoms with Crippen molar-refractivity contribution in [1.82, 2.24) is 14.7 Å². The summed E-state index contributed by atoms with van der Waals surface area (Å²) < 4.78 is 4.51. The molecule has 2 atom stereocenters.